The lowest BCUT2D eigenvalue weighted by Crippen LogP contribution is -2.38. The topological polar surface area (TPSA) is 133 Å². The van der Waals surface area contributed by atoms with E-state index in [0.29, 0.717) is 4.90 Å². The summed E-state index contributed by atoms with van der Waals surface area (Å²) < 4.78 is 87.2. The molecule has 0 aliphatic carbocycles. The van der Waals surface area contributed by atoms with E-state index in [0.717, 1.165) is 18.4 Å². The molecule has 3 amide bonds. The molecule has 9 nitrogen and oxygen atoms in total. The van der Waals surface area contributed by atoms with E-state index in [9.17, 15) is 22.8 Å². The molecule has 3 rings (SSSR count). The van der Waals surface area contributed by atoms with Crippen molar-refractivity contribution >= 4 is 27.6 Å². The van der Waals surface area contributed by atoms with Gasteiger partial charge in [-0.2, -0.15) is 0 Å². The van der Waals surface area contributed by atoms with Crippen molar-refractivity contribution in [3.05, 3.63) is 58.7 Å². The first-order valence-electron chi connectivity index (χ1n) is 12.8. The number of nitrogens with zero attached hydrogens (tertiary/aromatic N) is 1. The lowest BCUT2D eigenvalue weighted by molar-refractivity contribution is -0.117. The third kappa shape index (κ3) is 4.59. The third-order valence-electron chi connectivity index (χ3n) is 4.81. The van der Waals surface area contributed by atoms with Crippen molar-refractivity contribution in [2.24, 2.45) is 5.73 Å². The predicted octanol–water partition coefficient (Wildman–Crippen LogP) is 1.50. The van der Waals surface area contributed by atoms with Gasteiger partial charge in [-0.05, 0) is 36.2 Å². The van der Waals surface area contributed by atoms with Crippen LogP contribution < -0.4 is 15.2 Å². The average molecular weight is 468 g/mol. The van der Waals surface area contributed by atoms with Crippen LogP contribution in [0.15, 0.2) is 36.4 Å². The van der Waals surface area contributed by atoms with Crippen molar-refractivity contribution in [1.82, 2.24) is 4.90 Å². The second kappa shape index (κ2) is 8.99. The number of fused-ring (bicyclic) bond motifs is 1. The number of carbonyl (C=O) groups is 3. The first-order valence-corrected chi connectivity index (χ1v) is 11.2. The number of nitrogens with two attached hydrogens (primary N) is 1. The quantitative estimate of drug-likeness (QED) is 0.553. The van der Waals surface area contributed by atoms with Crippen molar-refractivity contribution in [2.45, 2.75) is 19.3 Å². The van der Waals surface area contributed by atoms with Crippen molar-refractivity contribution in [3.8, 4) is 11.5 Å². The summed E-state index contributed by atoms with van der Waals surface area (Å²) in [6.45, 7) is -6.57. The highest BCUT2D eigenvalue weighted by atomic mass is 32.2. The molecule has 1 unspecified atom stereocenters. The molecule has 0 radical (unpaired) electrons. The number of methoxy groups -OCH3 is 1. The Morgan fingerprint density at radius 2 is 2.00 bits per heavy atom. The molecule has 0 saturated heterocycles. The first-order chi connectivity index (χ1) is 17.8. The van der Waals surface area contributed by atoms with Crippen LogP contribution in [0, 0.1) is 0 Å². The monoisotopic (exact) mass is 467 g/mol. The van der Waals surface area contributed by atoms with Crippen LogP contribution in [0.2, 0.25) is 0 Å². The van der Waals surface area contributed by atoms with Gasteiger partial charge in [0.25, 0.3) is 11.8 Å². The van der Waals surface area contributed by atoms with E-state index in [1.807, 2.05) is 0 Å². The van der Waals surface area contributed by atoms with E-state index in [1.165, 1.54) is 24.3 Å². The summed E-state index contributed by atoms with van der Waals surface area (Å²) in [6, 6.07) is 5.94. The van der Waals surface area contributed by atoms with Crippen LogP contribution in [0.1, 0.15) is 54.3 Å². The molecule has 1 aliphatic rings. The van der Waals surface area contributed by atoms with E-state index in [1.54, 1.807) is 0 Å². The number of rotatable bonds is 9. The van der Waals surface area contributed by atoms with Gasteiger partial charge in [0.15, 0.2) is 11.5 Å². The minimum absolute atomic E-state index is 0.0819. The van der Waals surface area contributed by atoms with Gasteiger partial charge in [0, 0.05) is 10.4 Å². The van der Waals surface area contributed by atoms with Gasteiger partial charge in [-0.15, -0.1) is 0 Å². The molecule has 0 bridgehead atoms. The van der Waals surface area contributed by atoms with Crippen LogP contribution in [0.25, 0.3) is 0 Å². The Morgan fingerprint density at radius 3 is 2.66 bits per heavy atom. The molecule has 1 aliphatic heterocycles. The van der Waals surface area contributed by atoms with Gasteiger partial charge in [0.05, 0.1) is 48.4 Å². The zero-order chi connectivity index (χ0) is 29.5. The molecule has 2 N–H and O–H groups in total. The summed E-state index contributed by atoms with van der Waals surface area (Å²) in [5.41, 5.74) is 5.13. The van der Waals surface area contributed by atoms with Crippen LogP contribution >= 0.6 is 0 Å². The molecule has 32 heavy (non-hydrogen) atoms. The zero-order valence-corrected chi connectivity index (χ0v) is 17.6. The highest BCUT2D eigenvalue weighted by molar-refractivity contribution is 7.90. The number of benzene rings is 2. The Bertz CT molecular complexity index is 1430. The predicted molar refractivity (Wildman–Crippen MR) is 116 cm³/mol. The molecular formula is C22H24N2O7S. The van der Waals surface area contributed by atoms with Crippen molar-refractivity contribution < 1.29 is 41.9 Å². The second-order valence-corrected chi connectivity index (χ2v) is 9.28. The molecule has 1 heterocycles. The molecule has 0 saturated carbocycles. The van der Waals surface area contributed by atoms with Crippen LogP contribution in [-0.4, -0.2) is 56.7 Å². The lowest BCUT2D eigenvalue weighted by atomic mass is 10.0. The van der Waals surface area contributed by atoms with Crippen LogP contribution in [0.3, 0.4) is 0 Å². The van der Waals surface area contributed by atoms with Crippen molar-refractivity contribution in [2.75, 3.05) is 25.6 Å². The summed E-state index contributed by atoms with van der Waals surface area (Å²) in [4.78, 5) is 39.0. The molecule has 10 heteroatoms. The molecule has 0 aromatic heterocycles. The summed E-state index contributed by atoms with van der Waals surface area (Å²) in [5, 5.41) is 0. The van der Waals surface area contributed by atoms with Gasteiger partial charge >= 0.3 is 0 Å². The largest absolute Gasteiger partial charge is 0.493 e. The van der Waals surface area contributed by atoms with Crippen molar-refractivity contribution in [1.29, 1.82) is 0 Å². The second-order valence-electron chi connectivity index (χ2n) is 7.10. The van der Waals surface area contributed by atoms with Crippen molar-refractivity contribution in [3.63, 3.8) is 0 Å². The highest BCUT2D eigenvalue weighted by Crippen LogP contribution is 2.37. The minimum atomic E-state index is -3.89. The number of imide groups is 1. The number of primary amides is 1. The maximum atomic E-state index is 13.5. The minimum Gasteiger partial charge on any atom is -0.493 e. The molecule has 2 aromatic carbocycles. The Hall–Kier alpha value is -3.40. The summed E-state index contributed by atoms with van der Waals surface area (Å²) in [7, 11) is -5.82. The van der Waals surface area contributed by atoms with Gasteiger partial charge in [-0.3, -0.25) is 19.3 Å². The summed E-state index contributed by atoms with van der Waals surface area (Å²) in [5.74, 6) is -4.34. The van der Waals surface area contributed by atoms with E-state index in [-0.39, 0.29) is 28.7 Å². The van der Waals surface area contributed by atoms with E-state index in [2.05, 4.69) is 0 Å². The summed E-state index contributed by atoms with van der Waals surface area (Å²) >= 11 is 0. The number of hydrogen-bond acceptors (Lipinski definition) is 7. The van der Waals surface area contributed by atoms with E-state index >= 15 is 0 Å². The van der Waals surface area contributed by atoms with Gasteiger partial charge in [-0.1, -0.05) is 18.2 Å². The first kappa shape index (κ1) is 15.4. The molecular weight excluding hydrogens is 436 g/mol. The number of hydrogen-bond donors (Lipinski definition) is 1. The lowest BCUT2D eigenvalue weighted by Gasteiger charge is -2.27. The third-order valence-corrected chi connectivity index (χ3v) is 5.73. The van der Waals surface area contributed by atoms with Gasteiger partial charge in [-0.25, -0.2) is 8.42 Å². The maximum absolute atomic E-state index is 13.5. The fourth-order valence-corrected chi connectivity index (χ4v) is 4.48. The smallest absolute Gasteiger partial charge is 0.262 e. The molecule has 170 valence electrons. The number of carbonyl (C=O) groups excluding carboxylic acids is 3. The van der Waals surface area contributed by atoms with Crippen LogP contribution in [-0.2, 0) is 21.1 Å². The normalized spacial score (nSPS) is 18.4. The standard InChI is InChI=1S/C22H24N2O7S/c1-4-31-18-10-13(8-9-17(18)30-2)16(12-32(3,28)29)24-21(26)15-7-5-6-14(11-19(23)25)20(15)22(24)27/h5-10,16H,4,11-12H2,1-3H3,(H2,23,25)/i1D3,2D2,4D2. The average Bonchev–Trinajstić information content (AvgIpc) is 3.02. The number of ether oxygens (including phenoxy) is 2. The molecule has 0 spiro atoms. The summed E-state index contributed by atoms with van der Waals surface area (Å²) in [6.07, 6.45) is 0.506. The zero-order valence-electron chi connectivity index (χ0n) is 23.8. The Balaban J connectivity index is 2.17. The van der Waals surface area contributed by atoms with Gasteiger partial charge in [0.1, 0.15) is 9.84 Å². The number of amides is 3. The fourth-order valence-electron chi connectivity index (χ4n) is 3.56. The number of sulfone groups is 1. The van der Waals surface area contributed by atoms with E-state index in [4.69, 9.17) is 24.8 Å². The molecule has 0 fully saturated rings. The van der Waals surface area contributed by atoms with E-state index < -0.39 is 71.3 Å². The van der Waals surface area contributed by atoms with Gasteiger partial charge < -0.3 is 15.2 Å². The highest BCUT2D eigenvalue weighted by Gasteiger charge is 2.43. The Kier molecular flexibility index (Phi) is 4.33. The van der Waals surface area contributed by atoms with Crippen LogP contribution in [0.4, 0.5) is 0 Å². The SMILES string of the molecule is [2H]C([2H])Oc1ccc(C(CS(C)(=O)=O)N2C(=O)c3cccc(CC(N)=O)c3C2=O)cc1OC([2H])([2H])C([2H])([2H])[2H]. The Labute approximate surface area is 195 Å². The maximum Gasteiger partial charge on any atom is 0.262 e. The Morgan fingerprint density at radius 1 is 1.22 bits per heavy atom. The fraction of sp³-hybridized carbons (Fsp3) is 0.318. The van der Waals surface area contributed by atoms with Crippen LogP contribution in [0.5, 0.6) is 11.5 Å². The van der Waals surface area contributed by atoms with Gasteiger partial charge in [0.2, 0.25) is 5.91 Å². The molecule has 2 aromatic rings. The molecule has 1 atom stereocenters.